The Morgan fingerprint density at radius 3 is 2.43 bits per heavy atom. The molecule has 0 aliphatic carbocycles. The molecule has 0 saturated heterocycles. The van der Waals surface area contributed by atoms with Gasteiger partial charge in [-0.05, 0) is 38.5 Å². The van der Waals surface area contributed by atoms with Crippen LogP contribution in [0, 0.1) is 13.8 Å². The zero-order valence-electron chi connectivity index (χ0n) is 16.2. The van der Waals surface area contributed by atoms with Crippen LogP contribution in [0.1, 0.15) is 29.5 Å². The predicted octanol–water partition coefficient (Wildman–Crippen LogP) is 1.80. The Morgan fingerprint density at radius 2 is 1.86 bits per heavy atom. The maximum atomic E-state index is 12.0. The zero-order valence-corrected chi connectivity index (χ0v) is 16.2. The van der Waals surface area contributed by atoms with Crippen LogP contribution in [-0.4, -0.2) is 36.2 Å². The van der Waals surface area contributed by atoms with Crippen LogP contribution in [0.4, 0.5) is 4.79 Å². The first-order chi connectivity index (χ1) is 13.3. The van der Waals surface area contributed by atoms with E-state index in [1.54, 1.807) is 24.3 Å². The minimum absolute atomic E-state index is 0.0122. The van der Waals surface area contributed by atoms with Crippen LogP contribution in [-0.2, 0) is 27.4 Å². The standard InChI is InChI=1S/C19H23N3O6/c1-11-16(12(2)28-22-11)10-26-15-7-5-14(6-8-15)9-17(23)27-13(3)18(24)21-19(25)20-4/h5-8,13H,9-10H2,1-4H3,(H2,20,21,24,25)/t13-/m1/s1. The third-order valence-electron chi connectivity index (χ3n) is 3.98. The van der Waals surface area contributed by atoms with Gasteiger partial charge in [0.15, 0.2) is 6.10 Å². The summed E-state index contributed by atoms with van der Waals surface area (Å²) in [6.45, 7) is 5.39. The number of nitrogens with zero attached hydrogens (tertiary/aromatic N) is 1. The van der Waals surface area contributed by atoms with Gasteiger partial charge in [0.1, 0.15) is 18.1 Å². The Labute approximate surface area is 162 Å². The molecular weight excluding hydrogens is 366 g/mol. The van der Waals surface area contributed by atoms with Gasteiger partial charge in [-0.25, -0.2) is 4.79 Å². The number of hydrogen-bond acceptors (Lipinski definition) is 7. The van der Waals surface area contributed by atoms with Crippen molar-refractivity contribution >= 4 is 17.9 Å². The number of aryl methyl sites for hydroxylation is 2. The molecule has 9 heteroatoms. The number of rotatable bonds is 7. The molecule has 1 atom stereocenters. The second-order valence-corrected chi connectivity index (χ2v) is 6.11. The number of benzene rings is 1. The summed E-state index contributed by atoms with van der Waals surface area (Å²) < 4.78 is 15.8. The molecule has 2 aromatic rings. The molecule has 150 valence electrons. The number of esters is 1. The van der Waals surface area contributed by atoms with E-state index in [4.69, 9.17) is 14.0 Å². The number of aromatic nitrogens is 1. The van der Waals surface area contributed by atoms with E-state index < -0.39 is 24.0 Å². The molecule has 2 rings (SSSR count). The fourth-order valence-electron chi connectivity index (χ4n) is 2.30. The molecule has 1 aromatic heterocycles. The Bertz CT molecular complexity index is 824. The molecule has 1 aromatic carbocycles. The molecule has 0 aliphatic rings. The average Bonchev–Trinajstić information content (AvgIpc) is 2.98. The second kappa shape index (κ2) is 9.54. The first-order valence-electron chi connectivity index (χ1n) is 8.65. The van der Waals surface area contributed by atoms with Crippen molar-refractivity contribution in [2.24, 2.45) is 0 Å². The highest BCUT2D eigenvalue weighted by molar-refractivity contribution is 5.97. The van der Waals surface area contributed by atoms with Gasteiger partial charge in [-0.1, -0.05) is 17.3 Å². The molecule has 2 N–H and O–H groups in total. The molecule has 1 heterocycles. The highest BCUT2D eigenvalue weighted by Gasteiger charge is 2.19. The number of hydrogen-bond donors (Lipinski definition) is 2. The Balaban J connectivity index is 1.83. The van der Waals surface area contributed by atoms with Crippen molar-refractivity contribution < 1.29 is 28.4 Å². The lowest BCUT2D eigenvalue weighted by Crippen LogP contribution is -2.43. The maximum Gasteiger partial charge on any atom is 0.321 e. The van der Waals surface area contributed by atoms with Crippen molar-refractivity contribution in [3.05, 3.63) is 46.8 Å². The second-order valence-electron chi connectivity index (χ2n) is 6.11. The molecule has 0 saturated carbocycles. The lowest BCUT2D eigenvalue weighted by atomic mass is 10.1. The van der Waals surface area contributed by atoms with E-state index >= 15 is 0 Å². The minimum Gasteiger partial charge on any atom is -0.489 e. The van der Waals surface area contributed by atoms with Gasteiger partial charge in [-0.15, -0.1) is 0 Å². The first kappa shape index (κ1) is 20.9. The molecule has 0 bridgehead atoms. The number of carbonyl (C=O) groups excluding carboxylic acids is 3. The Hall–Kier alpha value is -3.36. The van der Waals surface area contributed by atoms with E-state index in [-0.39, 0.29) is 6.42 Å². The van der Waals surface area contributed by atoms with Crippen LogP contribution in [0.25, 0.3) is 0 Å². The Morgan fingerprint density at radius 1 is 1.18 bits per heavy atom. The van der Waals surface area contributed by atoms with Crippen LogP contribution in [0.2, 0.25) is 0 Å². The fraction of sp³-hybridized carbons (Fsp3) is 0.368. The lowest BCUT2D eigenvalue weighted by Gasteiger charge is -2.13. The fourth-order valence-corrected chi connectivity index (χ4v) is 2.30. The third kappa shape index (κ3) is 5.83. The van der Waals surface area contributed by atoms with Crippen molar-refractivity contribution in [3.8, 4) is 5.75 Å². The summed E-state index contributed by atoms with van der Waals surface area (Å²) in [5.41, 5.74) is 2.39. The van der Waals surface area contributed by atoms with Gasteiger partial charge in [-0.2, -0.15) is 0 Å². The van der Waals surface area contributed by atoms with Crippen LogP contribution >= 0.6 is 0 Å². The van der Waals surface area contributed by atoms with E-state index in [9.17, 15) is 14.4 Å². The van der Waals surface area contributed by atoms with Crippen LogP contribution in [0.15, 0.2) is 28.8 Å². The molecular formula is C19H23N3O6. The highest BCUT2D eigenvalue weighted by Crippen LogP contribution is 2.18. The predicted molar refractivity (Wildman–Crippen MR) is 98.6 cm³/mol. The Kier molecular flexibility index (Phi) is 7.14. The van der Waals surface area contributed by atoms with Crippen LogP contribution < -0.4 is 15.4 Å². The van der Waals surface area contributed by atoms with E-state index in [0.29, 0.717) is 23.7 Å². The molecule has 3 amide bonds. The molecule has 0 radical (unpaired) electrons. The van der Waals surface area contributed by atoms with Crippen LogP contribution in [0.3, 0.4) is 0 Å². The van der Waals surface area contributed by atoms with Gasteiger partial charge in [0.25, 0.3) is 5.91 Å². The van der Waals surface area contributed by atoms with Gasteiger partial charge in [0.05, 0.1) is 17.7 Å². The van der Waals surface area contributed by atoms with Crippen molar-refractivity contribution in [2.75, 3.05) is 7.05 Å². The van der Waals surface area contributed by atoms with Gasteiger partial charge in [0, 0.05) is 7.05 Å². The van der Waals surface area contributed by atoms with E-state index in [1.807, 2.05) is 19.2 Å². The van der Waals surface area contributed by atoms with E-state index in [1.165, 1.54) is 14.0 Å². The van der Waals surface area contributed by atoms with Gasteiger partial charge in [0.2, 0.25) is 0 Å². The first-order valence-corrected chi connectivity index (χ1v) is 8.65. The number of ether oxygens (including phenoxy) is 2. The summed E-state index contributed by atoms with van der Waals surface area (Å²) in [5.74, 6) is 0.0709. The number of amides is 3. The molecule has 9 nitrogen and oxygen atoms in total. The topological polar surface area (TPSA) is 120 Å². The number of carbonyl (C=O) groups is 3. The third-order valence-corrected chi connectivity index (χ3v) is 3.98. The molecule has 0 unspecified atom stereocenters. The van der Waals surface area contributed by atoms with E-state index in [0.717, 1.165) is 11.3 Å². The summed E-state index contributed by atoms with van der Waals surface area (Å²) in [7, 11) is 1.38. The smallest absolute Gasteiger partial charge is 0.321 e. The zero-order chi connectivity index (χ0) is 20.7. The molecule has 28 heavy (non-hydrogen) atoms. The summed E-state index contributed by atoms with van der Waals surface area (Å²) in [4.78, 5) is 34.8. The maximum absolute atomic E-state index is 12.0. The van der Waals surface area contributed by atoms with Gasteiger partial charge < -0.3 is 19.3 Å². The van der Waals surface area contributed by atoms with Crippen molar-refractivity contribution in [2.45, 2.75) is 39.9 Å². The molecule has 0 spiro atoms. The van der Waals surface area contributed by atoms with Crippen molar-refractivity contribution in [1.82, 2.24) is 15.8 Å². The molecule has 0 fully saturated rings. The van der Waals surface area contributed by atoms with Gasteiger partial charge >= 0.3 is 12.0 Å². The minimum atomic E-state index is -1.08. The van der Waals surface area contributed by atoms with Crippen molar-refractivity contribution in [1.29, 1.82) is 0 Å². The molecule has 0 aliphatic heterocycles. The number of imide groups is 1. The van der Waals surface area contributed by atoms with Gasteiger partial charge in [-0.3, -0.25) is 14.9 Å². The quantitative estimate of drug-likeness (QED) is 0.693. The number of urea groups is 1. The lowest BCUT2D eigenvalue weighted by molar-refractivity contribution is -0.153. The normalized spacial score (nSPS) is 11.4. The van der Waals surface area contributed by atoms with E-state index in [2.05, 4.69) is 10.5 Å². The summed E-state index contributed by atoms with van der Waals surface area (Å²) in [5, 5.41) is 8.16. The summed E-state index contributed by atoms with van der Waals surface area (Å²) in [6.07, 6.45) is -1.09. The number of nitrogens with one attached hydrogen (secondary N) is 2. The monoisotopic (exact) mass is 389 g/mol. The largest absolute Gasteiger partial charge is 0.489 e. The highest BCUT2D eigenvalue weighted by atomic mass is 16.5. The van der Waals surface area contributed by atoms with Crippen molar-refractivity contribution in [3.63, 3.8) is 0 Å². The summed E-state index contributed by atoms with van der Waals surface area (Å²) in [6, 6.07) is 6.28. The SMILES string of the molecule is CNC(=O)NC(=O)[C@@H](C)OC(=O)Cc1ccc(OCc2c(C)noc2C)cc1. The van der Waals surface area contributed by atoms with Crippen LogP contribution in [0.5, 0.6) is 5.75 Å². The average molecular weight is 389 g/mol. The summed E-state index contributed by atoms with van der Waals surface area (Å²) >= 11 is 0.